The first kappa shape index (κ1) is 15.2. The van der Waals surface area contributed by atoms with Gasteiger partial charge in [-0.15, -0.1) is 0 Å². The summed E-state index contributed by atoms with van der Waals surface area (Å²) < 4.78 is 19.5. The van der Waals surface area contributed by atoms with Gasteiger partial charge in [-0.25, -0.2) is 9.37 Å². The number of halogens is 2. The largest absolute Gasteiger partial charge is 0.496 e. The van der Waals surface area contributed by atoms with E-state index < -0.39 is 0 Å². The van der Waals surface area contributed by atoms with Crippen LogP contribution in [0.15, 0.2) is 41.0 Å². The van der Waals surface area contributed by atoms with Gasteiger partial charge in [0.1, 0.15) is 22.0 Å². The first-order valence-electron chi connectivity index (χ1n) is 6.13. The molecule has 3 N–H and O–H groups in total. The molecule has 7 heteroatoms. The summed E-state index contributed by atoms with van der Waals surface area (Å²) in [6.07, 6.45) is 0. The van der Waals surface area contributed by atoms with Crippen LogP contribution in [0.25, 0.3) is 0 Å². The molecular weight excluding hydrogens is 339 g/mol. The lowest BCUT2D eigenvalue weighted by Crippen LogP contribution is -2.29. The maximum Gasteiger partial charge on any atom is 0.194 e. The number of nitrogens with zero attached hydrogens (tertiary/aromatic N) is 1. The highest BCUT2D eigenvalue weighted by Gasteiger charge is 2.09. The average Bonchev–Trinajstić information content (AvgIpc) is 2.45. The Labute approximate surface area is 130 Å². The Morgan fingerprint density at radius 2 is 2.10 bits per heavy atom. The first-order chi connectivity index (χ1) is 10.1. The molecule has 5 nitrogen and oxygen atoms in total. The van der Waals surface area contributed by atoms with Crippen molar-refractivity contribution in [2.24, 2.45) is 0 Å². The Morgan fingerprint density at radius 1 is 1.33 bits per heavy atom. The number of ether oxygens (including phenoxy) is 1. The Hall–Kier alpha value is -2.15. The lowest BCUT2D eigenvalue weighted by molar-refractivity contribution is 0.403. The highest BCUT2D eigenvalue weighted by Crippen LogP contribution is 2.20. The zero-order valence-electron chi connectivity index (χ0n) is 11.3. The monoisotopic (exact) mass is 352 g/mol. The molecule has 0 atom stereocenters. The maximum absolute atomic E-state index is 13.7. The van der Waals surface area contributed by atoms with Crippen LogP contribution in [0.5, 0.6) is 5.75 Å². The number of anilines is 1. The van der Waals surface area contributed by atoms with Gasteiger partial charge < -0.3 is 15.4 Å². The van der Waals surface area contributed by atoms with Gasteiger partial charge in [-0.3, -0.25) is 5.41 Å². The van der Waals surface area contributed by atoms with Crippen molar-refractivity contribution in [2.45, 2.75) is 6.54 Å². The van der Waals surface area contributed by atoms with Crippen LogP contribution in [0.3, 0.4) is 0 Å². The molecule has 0 aliphatic rings. The molecule has 1 aromatic heterocycles. The lowest BCUT2D eigenvalue weighted by Gasteiger charge is -2.13. The summed E-state index contributed by atoms with van der Waals surface area (Å²) in [5.41, 5.74) is 0.369. The van der Waals surface area contributed by atoms with Gasteiger partial charge in [-0.05, 0) is 40.2 Å². The topological polar surface area (TPSA) is 70.0 Å². The number of guanidine groups is 1. The van der Waals surface area contributed by atoms with E-state index in [9.17, 15) is 4.39 Å². The number of rotatable bonds is 4. The first-order valence-corrected chi connectivity index (χ1v) is 6.93. The Morgan fingerprint density at radius 3 is 2.81 bits per heavy atom. The van der Waals surface area contributed by atoms with E-state index in [2.05, 4.69) is 31.5 Å². The zero-order chi connectivity index (χ0) is 15.2. The zero-order valence-corrected chi connectivity index (χ0v) is 12.9. The predicted octanol–water partition coefficient (Wildman–Crippen LogP) is 3.13. The highest BCUT2D eigenvalue weighted by atomic mass is 79.9. The Kier molecular flexibility index (Phi) is 5.10. The number of pyridine rings is 1. The third kappa shape index (κ3) is 4.16. The molecule has 1 aromatic carbocycles. The molecule has 0 radical (unpaired) electrons. The molecule has 2 rings (SSSR count). The highest BCUT2D eigenvalue weighted by molar-refractivity contribution is 9.10. The average molecular weight is 353 g/mol. The molecule has 0 fully saturated rings. The lowest BCUT2D eigenvalue weighted by atomic mass is 10.2. The van der Waals surface area contributed by atoms with Crippen molar-refractivity contribution >= 4 is 27.7 Å². The third-order valence-corrected chi connectivity index (χ3v) is 3.15. The molecule has 1 heterocycles. The number of nitrogens with one attached hydrogen (secondary N) is 3. The second-order valence-electron chi connectivity index (χ2n) is 4.12. The SMILES string of the molecule is COc1cccc(F)c1CNC(=N)Nc1cccc(Br)n1. The number of aromatic nitrogens is 1. The molecule has 0 amide bonds. The third-order valence-electron chi connectivity index (χ3n) is 2.71. The van der Waals surface area contributed by atoms with E-state index in [1.807, 2.05) is 0 Å². The normalized spacial score (nSPS) is 10.0. The number of hydrogen-bond donors (Lipinski definition) is 3. The van der Waals surface area contributed by atoms with E-state index in [1.165, 1.54) is 13.2 Å². The second kappa shape index (κ2) is 7.03. The number of methoxy groups -OCH3 is 1. The van der Waals surface area contributed by atoms with Crippen LogP contribution >= 0.6 is 15.9 Å². The summed E-state index contributed by atoms with van der Waals surface area (Å²) in [5.74, 6) is 0.597. The van der Waals surface area contributed by atoms with Gasteiger partial charge in [0.15, 0.2) is 5.96 Å². The van der Waals surface area contributed by atoms with Crippen LogP contribution in [0.1, 0.15) is 5.56 Å². The fourth-order valence-electron chi connectivity index (χ4n) is 1.73. The molecule has 0 saturated heterocycles. The Bertz CT molecular complexity index is 651. The molecule has 21 heavy (non-hydrogen) atoms. The maximum atomic E-state index is 13.7. The minimum atomic E-state index is -0.379. The van der Waals surface area contributed by atoms with Gasteiger partial charge in [0.2, 0.25) is 0 Å². The quantitative estimate of drug-likeness (QED) is 0.449. The van der Waals surface area contributed by atoms with Gasteiger partial charge in [-0.1, -0.05) is 12.1 Å². The molecule has 0 unspecified atom stereocenters. The fraction of sp³-hybridized carbons (Fsp3) is 0.143. The van der Waals surface area contributed by atoms with Crippen molar-refractivity contribution in [3.05, 3.63) is 52.4 Å². The summed E-state index contributed by atoms with van der Waals surface area (Å²) >= 11 is 3.25. The summed E-state index contributed by atoms with van der Waals surface area (Å²) in [5, 5.41) is 13.4. The summed E-state index contributed by atoms with van der Waals surface area (Å²) in [6, 6.07) is 9.91. The van der Waals surface area contributed by atoms with E-state index in [0.29, 0.717) is 21.7 Å². The second-order valence-corrected chi connectivity index (χ2v) is 4.93. The minimum Gasteiger partial charge on any atom is -0.496 e. The number of benzene rings is 1. The van der Waals surface area contributed by atoms with Crippen LogP contribution in [0.4, 0.5) is 10.2 Å². The van der Waals surface area contributed by atoms with Gasteiger partial charge in [0.25, 0.3) is 0 Å². The standard InChI is InChI=1S/C14H14BrFN4O/c1-21-11-5-2-4-10(16)9(11)8-18-14(17)20-13-7-3-6-12(15)19-13/h2-7H,8H2,1H3,(H3,17,18,19,20). The van der Waals surface area contributed by atoms with E-state index in [0.717, 1.165) is 0 Å². The van der Waals surface area contributed by atoms with Crippen molar-refractivity contribution in [2.75, 3.05) is 12.4 Å². The van der Waals surface area contributed by atoms with Crippen molar-refractivity contribution < 1.29 is 9.13 Å². The molecule has 0 saturated carbocycles. The van der Waals surface area contributed by atoms with Gasteiger partial charge in [0.05, 0.1) is 7.11 Å². The molecule has 110 valence electrons. The minimum absolute atomic E-state index is 0.0194. The summed E-state index contributed by atoms with van der Waals surface area (Å²) in [6.45, 7) is 0.135. The van der Waals surface area contributed by atoms with Crippen LogP contribution in [0, 0.1) is 11.2 Å². The van der Waals surface area contributed by atoms with E-state index in [4.69, 9.17) is 10.1 Å². The van der Waals surface area contributed by atoms with Crippen LogP contribution in [0.2, 0.25) is 0 Å². The van der Waals surface area contributed by atoms with Crippen LogP contribution in [-0.4, -0.2) is 18.1 Å². The van der Waals surface area contributed by atoms with E-state index >= 15 is 0 Å². The predicted molar refractivity (Wildman–Crippen MR) is 83.1 cm³/mol. The van der Waals surface area contributed by atoms with Crippen LogP contribution in [-0.2, 0) is 6.54 Å². The van der Waals surface area contributed by atoms with Gasteiger partial charge >= 0.3 is 0 Å². The molecular formula is C14H14BrFN4O. The summed E-state index contributed by atoms with van der Waals surface area (Å²) in [4.78, 5) is 4.15. The fourth-order valence-corrected chi connectivity index (χ4v) is 2.07. The van der Waals surface area contributed by atoms with Gasteiger partial charge in [-0.2, -0.15) is 0 Å². The van der Waals surface area contributed by atoms with E-state index in [1.54, 1.807) is 30.3 Å². The molecule has 0 aliphatic heterocycles. The van der Waals surface area contributed by atoms with Crippen molar-refractivity contribution in [1.29, 1.82) is 5.41 Å². The van der Waals surface area contributed by atoms with Crippen molar-refractivity contribution in [3.63, 3.8) is 0 Å². The smallest absolute Gasteiger partial charge is 0.194 e. The Balaban J connectivity index is 1.99. The van der Waals surface area contributed by atoms with Gasteiger partial charge in [0, 0.05) is 12.1 Å². The van der Waals surface area contributed by atoms with Crippen molar-refractivity contribution in [1.82, 2.24) is 10.3 Å². The molecule has 0 spiro atoms. The molecule has 0 bridgehead atoms. The van der Waals surface area contributed by atoms with Crippen molar-refractivity contribution in [3.8, 4) is 5.75 Å². The molecule has 0 aliphatic carbocycles. The van der Waals surface area contributed by atoms with E-state index in [-0.39, 0.29) is 18.3 Å². The molecule has 2 aromatic rings. The van der Waals surface area contributed by atoms with Crippen LogP contribution < -0.4 is 15.4 Å². The summed E-state index contributed by atoms with van der Waals surface area (Å²) in [7, 11) is 1.48. The number of hydrogen-bond acceptors (Lipinski definition) is 3.